The van der Waals surface area contributed by atoms with Gasteiger partial charge in [0.25, 0.3) is 0 Å². The number of imidazole rings is 1. The van der Waals surface area contributed by atoms with Crippen molar-refractivity contribution in [2.45, 2.75) is 26.1 Å². The Morgan fingerprint density at radius 2 is 2.20 bits per heavy atom. The van der Waals surface area contributed by atoms with Crippen LogP contribution < -0.4 is 10.1 Å². The van der Waals surface area contributed by atoms with Crippen molar-refractivity contribution in [3.63, 3.8) is 0 Å². The zero-order chi connectivity index (χ0) is 14.4. The molecule has 2 aromatic rings. The molecule has 1 aromatic heterocycles. The lowest BCUT2D eigenvalue weighted by molar-refractivity contribution is 0.181. The standard InChI is InChI=1S/C15H21N3O2/c1-11(18-9-15-16-6-7-17-15)12-4-5-14(20-3)13(8-12)10-19-2/h4-8,11,18H,9-10H2,1-3H3,(H,16,17). The third-order valence-electron chi connectivity index (χ3n) is 3.23. The molecule has 1 aromatic carbocycles. The van der Waals surface area contributed by atoms with Crippen LogP contribution in [0.4, 0.5) is 0 Å². The summed E-state index contributed by atoms with van der Waals surface area (Å²) in [6.07, 6.45) is 3.58. The highest BCUT2D eigenvalue weighted by Crippen LogP contribution is 2.24. The van der Waals surface area contributed by atoms with Crippen LogP contribution >= 0.6 is 0 Å². The number of aromatic nitrogens is 2. The largest absolute Gasteiger partial charge is 0.496 e. The number of H-pyrrole nitrogens is 1. The zero-order valence-corrected chi connectivity index (χ0v) is 12.1. The molecule has 5 heteroatoms. The maximum absolute atomic E-state index is 5.34. The van der Waals surface area contributed by atoms with E-state index in [0.29, 0.717) is 13.2 Å². The van der Waals surface area contributed by atoms with E-state index in [1.54, 1.807) is 20.4 Å². The Labute approximate surface area is 119 Å². The molecule has 5 nitrogen and oxygen atoms in total. The Balaban J connectivity index is 2.05. The first-order chi connectivity index (χ1) is 9.74. The van der Waals surface area contributed by atoms with Crippen LogP contribution in [-0.4, -0.2) is 24.2 Å². The summed E-state index contributed by atoms with van der Waals surface area (Å²) in [5, 5.41) is 3.43. The van der Waals surface area contributed by atoms with Crippen molar-refractivity contribution in [1.29, 1.82) is 0 Å². The van der Waals surface area contributed by atoms with E-state index in [4.69, 9.17) is 9.47 Å². The number of rotatable bonds is 7. The average molecular weight is 275 g/mol. The van der Waals surface area contributed by atoms with Crippen molar-refractivity contribution in [3.8, 4) is 5.75 Å². The van der Waals surface area contributed by atoms with Crippen LogP contribution in [0.1, 0.15) is 29.9 Å². The molecule has 0 saturated heterocycles. The first-order valence-corrected chi connectivity index (χ1v) is 6.62. The third kappa shape index (κ3) is 3.59. The summed E-state index contributed by atoms with van der Waals surface area (Å²) in [7, 11) is 3.36. The van der Waals surface area contributed by atoms with E-state index in [1.165, 1.54) is 5.56 Å². The lowest BCUT2D eigenvalue weighted by atomic mass is 10.0. The fourth-order valence-electron chi connectivity index (χ4n) is 2.10. The Kier molecular flexibility index (Phi) is 5.15. The van der Waals surface area contributed by atoms with Gasteiger partial charge in [-0.2, -0.15) is 0 Å². The second-order valence-corrected chi connectivity index (χ2v) is 4.64. The minimum absolute atomic E-state index is 0.224. The second kappa shape index (κ2) is 7.07. The van der Waals surface area contributed by atoms with E-state index >= 15 is 0 Å². The highest BCUT2D eigenvalue weighted by atomic mass is 16.5. The normalized spacial score (nSPS) is 12.3. The van der Waals surface area contributed by atoms with Gasteiger partial charge in [-0.1, -0.05) is 6.07 Å². The number of hydrogen-bond donors (Lipinski definition) is 2. The van der Waals surface area contributed by atoms with E-state index in [2.05, 4.69) is 34.3 Å². The Hall–Kier alpha value is -1.85. The number of methoxy groups -OCH3 is 2. The monoisotopic (exact) mass is 275 g/mol. The molecule has 0 amide bonds. The first-order valence-electron chi connectivity index (χ1n) is 6.62. The topological polar surface area (TPSA) is 59.2 Å². The number of ether oxygens (including phenoxy) is 2. The Morgan fingerprint density at radius 3 is 2.85 bits per heavy atom. The van der Waals surface area contributed by atoms with Gasteiger partial charge in [-0.05, 0) is 24.6 Å². The lowest BCUT2D eigenvalue weighted by Crippen LogP contribution is -2.19. The highest BCUT2D eigenvalue weighted by Gasteiger charge is 2.10. The van der Waals surface area contributed by atoms with E-state index in [9.17, 15) is 0 Å². The second-order valence-electron chi connectivity index (χ2n) is 4.64. The van der Waals surface area contributed by atoms with Gasteiger partial charge < -0.3 is 19.8 Å². The number of nitrogens with one attached hydrogen (secondary N) is 2. The van der Waals surface area contributed by atoms with Crippen molar-refractivity contribution in [2.75, 3.05) is 14.2 Å². The molecule has 2 N–H and O–H groups in total. The van der Waals surface area contributed by atoms with Gasteiger partial charge in [0.05, 0.1) is 20.3 Å². The van der Waals surface area contributed by atoms with Gasteiger partial charge in [0.15, 0.2) is 0 Å². The predicted molar refractivity (Wildman–Crippen MR) is 77.5 cm³/mol. The van der Waals surface area contributed by atoms with Crippen molar-refractivity contribution >= 4 is 0 Å². The molecule has 0 aliphatic carbocycles. The van der Waals surface area contributed by atoms with Gasteiger partial charge in [0.1, 0.15) is 11.6 Å². The number of aromatic amines is 1. The fraction of sp³-hybridized carbons (Fsp3) is 0.400. The van der Waals surface area contributed by atoms with E-state index < -0.39 is 0 Å². The molecular formula is C15H21N3O2. The van der Waals surface area contributed by atoms with Crippen LogP contribution in [0, 0.1) is 0 Å². The molecule has 0 spiro atoms. The van der Waals surface area contributed by atoms with Crippen LogP contribution in [-0.2, 0) is 17.9 Å². The molecule has 0 radical (unpaired) electrons. The maximum atomic E-state index is 5.34. The quantitative estimate of drug-likeness (QED) is 0.814. The molecule has 0 fully saturated rings. The molecule has 2 rings (SSSR count). The lowest BCUT2D eigenvalue weighted by Gasteiger charge is -2.16. The molecule has 108 valence electrons. The SMILES string of the molecule is COCc1cc(C(C)NCc2ncc[nH]2)ccc1OC. The molecule has 0 saturated carbocycles. The molecular weight excluding hydrogens is 254 g/mol. The van der Waals surface area contributed by atoms with Crippen LogP contribution in [0.2, 0.25) is 0 Å². The summed E-state index contributed by atoms with van der Waals surface area (Å²) in [5.74, 6) is 1.79. The van der Waals surface area contributed by atoms with Crippen LogP contribution in [0.3, 0.4) is 0 Å². The number of benzene rings is 1. The summed E-state index contributed by atoms with van der Waals surface area (Å²) in [4.78, 5) is 7.28. The van der Waals surface area contributed by atoms with Gasteiger partial charge >= 0.3 is 0 Å². The molecule has 0 aliphatic rings. The maximum Gasteiger partial charge on any atom is 0.124 e. The van der Waals surface area contributed by atoms with Crippen molar-refractivity contribution < 1.29 is 9.47 Å². The van der Waals surface area contributed by atoms with Gasteiger partial charge in [0, 0.05) is 31.1 Å². The van der Waals surface area contributed by atoms with Crippen LogP contribution in [0.25, 0.3) is 0 Å². The van der Waals surface area contributed by atoms with E-state index in [0.717, 1.165) is 17.1 Å². The minimum atomic E-state index is 0.224. The number of hydrogen-bond acceptors (Lipinski definition) is 4. The number of nitrogens with zero attached hydrogens (tertiary/aromatic N) is 1. The van der Waals surface area contributed by atoms with E-state index in [-0.39, 0.29) is 6.04 Å². The van der Waals surface area contributed by atoms with Crippen molar-refractivity contribution in [2.24, 2.45) is 0 Å². The summed E-state index contributed by atoms with van der Waals surface area (Å²) in [6, 6.07) is 6.39. The van der Waals surface area contributed by atoms with Crippen LogP contribution in [0.15, 0.2) is 30.6 Å². The van der Waals surface area contributed by atoms with Gasteiger partial charge in [-0.15, -0.1) is 0 Å². The Morgan fingerprint density at radius 1 is 1.35 bits per heavy atom. The molecule has 1 heterocycles. The van der Waals surface area contributed by atoms with Crippen molar-refractivity contribution in [1.82, 2.24) is 15.3 Å². The van der Waals surface area contributed by atoms with Gasteiger partial charge in [0.2, 0.25) is 0 Å². The average Bonchev–Trinajstić information content (AvgIpc) is 2.98. The third-order valence-corrected chi connectivity index (χ3v) is 3.23. The summed E-state index contributed by atoms with van der Waals surface area (Å²) in [5.41, 5.74) is 2.25. The molecule has 0 aliphatic heterocycles. The van der Waals surface area contributed by atoms with Crippen LogP contribution in [0.5, 0.6) is 5.75 Å². The Bertz CT molecular complexity index is 526. The zero-order valence-electron chi connectivity index (χ0n) is 12.1. The molecule has 1 unspecified atom stereocenters. The smallest absolute Gasteiger partial charge is 0.124 e. The summed E-state index contributed by atoms with van der Waals surface area (Å²) >= 11 is 0. The first kappa shape index (κ1) is 14.6. The van der Waals surface area contributed by atoms with Gasteiger partial charge in [-0.3, -0.25) is 0 Å². The molecule has 0 bridgehead atoms. The minimum Gasteiger partial charge on any atom is -0.496 e. The molecule has 1 atom stereocenters. The summed E-state index contributed by atoms with van der Waals surface area (Å²) in [6.45, 7) is 3.38. The molecule has 20 heavy (non-hydrogen) atoms. The van der Waals surface area contributed by atoms with Gasteiger partial charge in [-0.25, -0.2) is 4.98 Å². The fourth-order valence-corrected chi connectivity index (χ4v) is 2.10. The summed E-state index contributed by atoms with van der Waals surface area (Å²) < 4.78 is 10.5. The predicted octanol–water partition coefficient (Wildman–Crippen LogP) is 2.42. The highest BCUT2D eigenvalue weighted by molar-refractivity contribution is 5.38. The van der Waals surface area contributed by atoms with E-state index in [1.807, 2.05) is 12.3 Å². The van der Waals surface area contributed by atoms with Crippen molar-refractivity contribution in [3.05, 3.63) is 47.5 Å².